The maximum atomic E-state index is 12.9. The molecule has 0 radical (unpaired) electrons. The maximum Gasteiger partial charge on any atom is 0.256 e. The summed E-state index contributed by atoms with van der Waals surface area (Å²) in [6.45, 7) is 0.278. The fourth-order valence-electron chi connectivity index (χ4n) is 4.20. The van der Waals surface area contributed by atoms with Crippen molar-refractivity contribution in [1.82, 2.24) is 0 Å². The monoisotopic (exact) mass is 516 g/mol. The van der Waals surface area contributed by atoms with Gasteiger partial charge in [-0.15, -0.1) is 5.11 Å². The van der Waals surface area contributed by atoms with Crippen LogP contribution in [0.1, 0.15) is 32.6 Å². The molecule has 4 aromatic rings. The smallest absolute Gasteiger partial charge is 0.256 e. The first kappa shape index (κ1) is 25.1. The van der Waals surface area contributed by atoms with Gasteiger partial charge in [0.05, 0.1) is 0 Å². The zero-order valence-electron chi connectivity index (χ0n) is 20.7. The number of hydrogen-bond acceptors (Lipinski definition) is 6. The van der Waals surface area contributed by atoms with Crippen LogP contribution in [0.25, 0.3) is 11.6 Å². The first-order valence-corrected chi connectivity index (χ1v) is 12.1. The van der Waals surface area contributed by atoms with Gasteiger partial charge in [-0.05, 0) is 65.7 Å². The minimum Gasteiger partial charge on any atom is -0.489 e. The number of amidine groups is 1. The zero-order chi connectivity index (χ0) is 27.2. The van der Waals surface area contributed by atoms with Gasteiger partial charge < -0.3 is 21.2 Å². The average molecular weight is 517 g/mol. The van der Waals surface area contributed by atoms with Crippen molar-refractivity contribution in [3.8, 4) is 5.75 Å². The van der Waals surface area contributed by atoms with Crippen LogP contribution in [0.2, 0.25) is 0 Å². The summed E-state index contributed by atoms with van der Waals surface area (Å²) < 4.78 is 5.84. The molecule has 0 unspecified atom stereocenters. The van der Waals surface area contributed by atoms with Gasteiger partial charge in [0.1, 0.15) is 12.4 Å². The summed E-state index contributed by atoms with van der Waals surface area (Å²) in [6.07, 6.45) is 1.81. The van der Waals surface area contributed by atoms with Crippen LogP contribution in [0.4, 0.5) is 11.4 Å². The van der Waals surface area contributed by atoms with Crippen LogP contribution in [0.15, 0.2) is 107 Å². The molecule has 1 heterocycles. The van der Waals surface area contributed by atoms with E-state index >= 15 is 0 Å². The van der Waals surface area contributed by atoms with Crippen molar-refractivity contribution in [2.45, 2.75) is 6.61 Å². The summed E-state index contributed by atoms with van der Waals surface area (Å²) in [4.78, 5) is 25.3. The molecule has 2 amide bonds. The van der Waals surface area contributed by atoms with Crippen LogP contribution in [-0.2, 0) is 11.4 Å². The topological polar surface area (TPSA) is 142 Å². The van der Waals surface area contributed by atoms with E-state index in [1.54, 1.807) is 42.5 Å². The van der Waals surface area contributed by atoms with Crippen molar-refractivity contribution in [3.63, 3.8) is 0 Å². The first-order chi connectivity index (χ1) is 19.0. The SMILES string of the molecule is N=N/C(=N\N)c1cccc(COc2ccc(C(=O)Nc3cccc(/C=C4\C(=O)Nc5ccccc54)c3)cc2)c1. The van der Waals surface area contributed by atoms with Crippen LogP contribution in [0.5, 0.6) is 5.75 Å². The number of para-hydroxylation sites is 1. The van der Waals surface area contributed by atoms with E-state index in [2.05, 4.69) is 20.8 Å². The van der Waals surface area contributed by atoms with Gasteiger partial charge in [-0.1, -0.05) is 48.5 Å². The standard InChI is InChI=1S/C30H24N6O3/c31-35-28(36-32)22-7-3-6-20(15-22)18-39-24-13-11-21(12-14-24)29(37)33-23-8-4-5-19(16-23)17-26-25-9-1-2-10-27(25)34-30(26)38/h1-17,31H,18,32H2,(H,33,37)(H,34,38)/b26-17-,35-31?,36-28-. The Morgan fingerprint density at radius 3 is 2.54 bits per heavy atom. The number of ether oxygens (including phenoxy) is 1. The molecule has 0 aromatic heterocycles. The van der Waals surface area contributed by atoms with Gasteiger partial charge in [0, 0.05) is 33.6 Å². The Kier molecular flexibility index (Phi) is 7.22. The highest BCUT2D eigenvalue weighted by molar-refractivity contribution is 6.34. The summed E-state index contributed by atoms with van der Waals surface area (Å²) in [6, 6.07) is 28.9. The highest BCUT2D eigenvalue weighted by Crippen LogP contribution is 2.33. The summed E-state index contributed by atoms with van der Waals surface area (Å²) in [5.74, 6) is 5.57. The van der Waals surface area contributed by atoms with E-state index in [0.29, 0.717) is 28.1 Å². The molecular weight excluding hydrogens is 492 g/mol. The van der Waals surface area contributed by atoms with E-state index in [4.69, 9.17) is 16.1 Å². The number of hydrogen-bond donors (Lipinski definition) is 4. The molecule has 0 saturated heterocycles. The number of carbonyl (C=O) groups excluding carboxylic acids is 2. The molecule has 39 heavy (non-hydrogen) atoms. The number of nitrogens with one attached hydrogen (secondary N) is 3. The molecule has 4 aromatic carbocycles. The molecule has 0 fully saturated rings. The second-order valence-corrected chi connectivity index (χ2v) is 8.72. The third-order valence-corrected chi connectivity index (χ3v) is 6.10. The number of nitrogens with two attached hydrogens (primary N) is 1. The maximum absolute atomic E-state index is 12.9. The van der Waals surface area contributed by atoms with Crippen LogP contribution in [-0.4, -0.2) is 17.6 Å². The van der Waals surface area contributed by atoms with Gasteiger partial charge >= 0.3 is 0 Å². The highest BCUT2D eigenvalue weighted by Gasteiger charge is 2.23. The van der Waals surface area contributed by atoms with Gasteiger partial charge in [-0.25, -0.2) is 5.53 Å². The number of carbonyl (C=O) groups is 2. The predicted octanol–water partition coefficient (Wildman–Crippen LogP) is 5.66. The molecule has 0 aliphatic carbocycles. The van der Waals surface area contributed by atoms with Crippen LogP contribution in [0.3, 0.4) is 0 Å². The molecule has 5 rings (SSSR count). The Morgan fingerprint density at radius 1 is 0.949 bits per heavy atom. The van der Waals surface area contributed by atoms with Crippen LogP contribution >= 0.6 is 0 Å². The highest BCUT2D eigenvalue weighted by atomic mass is 16.5. The van der Waals surface area contributed by atoms with Crippen molar-refractivity contribution < 1.29 is 14.3 Å². The summed E-state index contributed by atoms with van der Waals surface area (Å²) in [5, 5.41) is 12.6. The van der Waals surface area contributed by atoms with Crippen molar-refractivity contribution in [2.75, 3.05) is 10.6 Å². The third kappa shape index (κ3) is 5.72. The second kappa shape index (κ2) is 11.2. The Hall–Kier alpha value is -5.57. The molecule has 192 valence electrons. The van der Waals surface area contributed by atoms with E-state index in [-0.39, 0.29) is 24.3 Å². The predicted molar refractivity (Wildman–Crippen MR) is 150 cm³/mol. The summed E-state index contributed by atoms with van der Waals surface area (Å²) in [5.41, 5.74) is 12.7. The lowest BCUT2D eigenvalue weighted by Crippen LogP contribution is -2.11. The normalized spacial score (nSPS) is 13.5. The molecule has 0 spiro atoms. The van der Waals surface area contributed by atoms with Crippen LogP contribution in [0, 0.1) is 5.53 Å². The summed E-state index contributed by atoms with van der Waals surface area (Å²) >= 11 is 0. The lowest BCUT2D eigenvalue weighted by Gasteiger charge is -2.09. The van der Waals surface area contributed by atoms with Crippen molar-refractivity contribution in [1.29, 1.82) is 5.53 Å². The number of anilines is 2. The average Bonchev–Trinajstić information content (AvgIpc) is 3.28. The molecule has 9 nitrogen and oxygen atoms in total. The molecule has 0 atom stereocenters. The Labute approximate surface area is 224 Å². The second-order valence-electron chi connectivity index (χ2n) is 8.72. The van der Waals surface area contributed by atoms with Gasteiger partial charge in [-0.3, -0.25) is 9.59 Å². The number of hydrazone groups is 1. The van der Waals surface area contributed by atoms with E-state index in [0.717, 1.165) is 22.4 Å². The number of amides is 2. The Morgan fingerprint density at radius 2 is 1.74 bits per heavy atom. The van der Waals surface area contributed by atoms with Gasteiger partial charge in [0.2, 0.25) is 0 Å². The molecule has 1 aliphatic rings. The third-order valence-electron chi connectivity index (χ3n) is 6.10. The van der Waals surface area contributed by atoms with E-state index in [1.807, 2.05) is 60.7 Å². The van der Waals surface area contributed by atoms with Crippen molar-refractivity contribution in [3.05, 3.63) is 125 Å². The fraction of sp³-hybridized carbons (Fsp3) is 0.0333. The minimum atomic E-state index is -0.268. The quantitative estimate of drug-likeness (QED) is 0.0627. The largest absolute Gasteiger partial charge is 0.489 e. The molecular formula is C30H24N6O3. The van der Waals surface area contributed by atoms with E-state index < -0.39 is 0 Å². The minimum absolute atomic E-state index is 0.128. The lowest BCUT2D eigenvalue weighted by molar-refractivity contribution is -0.110. The molecule has 5 N–H and O–H groups in total. The van der Waals surface area contributed by atoms with Gasteiger partial charge in [0.25, 0.3) is 11.8 Å². The molecule has 0 bridgehead atoms. The van der Waals surface area contributed by atoms with Gasteiger partial charge in [-0.2, -0.15) is 5.10 Å². The zero-order valence-corrected chi connectivity index (χ0v) is 20.7. The number of benzene rings is 4. The van der Waals surface area contributed by atoms with Gasteiger partial charge in [0.15, 0.2) is 5.84 Å². The van der Waals surface area contributed by atoms with E-state index in [9.17, 15) is 9.59 Å². The fourth-order valence-corrected chi connectivity index (χ4v) is 4.20. The van der Waals surface area contributed by atoms with Crippen LogP contribution < -0.4 is 21.2 Å². The molecule has 1 aliphatic heterocycles. The van der Waals surface area contributed by atoms with Crippen molar-refractivity contribution in [2.24, 2.45) is 16.1 Å². The Bertz CT molecular complexity index is 1630. The first-order valence-electron chi connectivity index (χ1n) is 12.1. The number of fused-ring (bicyclic) bond motifs is 1. The van der Waals surface area contributed by atoms with Crippen molar-refractivity contribution >= 4 is 40.7 Å². The lowest BCUT2D eigenvalue weighted by atomic mass is 10.0. The summed E-state index contributed by atoms with van der Waals surface area (Å²) in [7, 11) is 0. The molecule has 9 heteroatoms. The number of nitrogens with zero attached hydrogens (tertiary/aromatic N) is 2. The molecule has 0 saturated carbocycles. The Balaban J connectivity index is 1.23. The number of rotatable bonds is 7. The van der Waals surface area contributed by atoms with E-state index in [1.165, 1.54) is 0 Å².